The minimum Gasteiger partial charge on any atom is -0.352 e. The van der Waals surface area contributed by atoms with Crippen LogP contribution in [0.1, 0.15) is 81.5 Å². The fourth-order valence-electron chi connectivity index (χ4n) is 3.32. The summed E-state index contributed by atoms with van der Waals surface area (Å²) in [5.74, 6) is 0.0125. The van der Waals surface area contributed by atoms with Gasteiger partial charge in [-0.25, -0.2) is 0 Å². The normalized spacial score (nSPS) is 11.0. The van der Waals surface area contributed by atoms with Gasteiger partial charge in [0.2, 0.25) is 0 Å². The first kappa shape index (κ1) is 21.0. The van der Waals surface area contributed by atoms with Gasteiger partial charge in [0, 0.05) is 11.0 Å². The standard InChI is InChI=1S/C23H32BrNO/c1-2-3-4-5-6-7-8-9-10-13-18-25-23(26)21-17-16-19-14-11-12-15-20(19)22(21)24/h11-12,14-17H,2-10,13,18H2,1H3,(H,25,26). The topological polar surface area (TPSA) is 29.1 Å². The molecule has 3 heteroatoms. The molecule has 1 amide bonds. The molecule has 26 heavy (non-hydrogen) atoms. The van der Waals surface area contributed by atoms with Gasteiger partial charge in [0.1, 0.15) is 0 Å². The summed E-state index contributed by atoms with van der Waals surface area (Å²) in [6.07, 6.45) is 13.1. The van der Waals surface area contributed by atoms with Gasteiger partial charge >= 0.3 is 0 Å². The third-order valence-corrected chi connectivity index (χ3v) is 5.78. The van der Waals surface area contributed by atoms with Crippen molar-refractivity contribution in [3.8, 4) is 0 Å². The van der Waals surface area contributed by atoms with Crippen molar-refractivity contribution in [1.29, 1.82) is 0 Å². The number of fused-ring (bicyclic) bond motifs is 1. The molecule has 1 N–H and O–H groups in total. The fraction of sp³-hybridized carbons (Fsp3) is 0.522. The van der Waals surface area contributed by atoms with Crippen LogP contribution < -0.4 is 5.32 Å². The number of amides is 1. The largest absolute Gasteiger partial charge is 0.352 e. The van der Waals surface area contributed by atoms with Crippen molar-refractivity contribution in [1.82, 2.24) is 5.32 Å². The van der Waals surface area contributed by atoms with E-state index >= 15 is 0 Å². The molecule has 0 aromatic heterocycles. The zero-order valence-corrected chi connectivity index (χ0v) is 17.6. The predicted molar refractivity (Wildman–Crippen MR) is 116 cm³/mol. The number of nitrogens with one attached hydrogen (secondary N) is 1. The zero-order chi connectivity index (χ0) is 18.6. The Labute approximate surface area is 166 Å². The maximum atomic E-state index is 12.4. The summed E-state index contributed by atoms with van der Waals surface area (Å²) in [5, 5.41) is 5.29. The van der Waals surface area contributed by atoms with Crippen molar-refractivity contribution in [2.45, 2.75) is 71.1 Å². The molecule has 0 aliphatic heterocycles. The number of carbonyl (C=O) groups excluding carboxylic acids is 1. The molecule has 0 bridgehead atoms. The second kappa shape index (κ2) is 12.1. The molecule has 0 unspecified atom stereocenters. The van der Waals surface area contributed by atoms with E-state index in [1.165, 1.54) is 57.8 Å². The highest BCUT2D eigenvalue weighted by molar-refractivity contribution is 9.10. The minimum absolute atomic E-state index is 0.0125. The summed E-state index contributed by atoms with van der Waals surface area (Å²) in [4.78, 5) is 12.4. The van der Waals surface area contributed by atoms with Crippen molar-refractivity contribution < 1.29 is 4.79 Å². The van der Waals surface area contributed by atoms with Gasteiger partial charge in [-0.05, 0) is 39.2 Å². The van der Waals surface area contributed by atoms with Crippen molar-refractivity contribution in [2.75, 3.05) is 6.54 Å². The van der Waals surface area contributed by atoms with Gasteiger partial charge in [0.15, 0.2) is 0 Å². The van der Waals surface area contributed by atoms with Crippen LogP contribution in [0.5, 0.6) is 0 Å². The molecule has 0 saturated heterocycles. The smallest absolute Gasteiger partial charge is 0.252 e. The third kappa shape index (κ3) is 6.75. The van der Waals surface area contributed by atoms with Crippen LogP contribution >= 0.6 is 15.9 Å². The maximum Gasteiger partial charge on any atom is 0.252 e. The monoisotopic (exact) mass is 417 g/mol. The fourth-order valence-corrected chi connectivity index (χ4v) is 3.99. The molecular weight excluding hydrogens is 386 g/mol. The summed E-state index contributed by atoms with van der Waals surface area (Å²) in [6, 6.07) is 12.0. The van der Waals surface area contributed by atoms with Gasteiger partial charge in [-0.2, -0.15) is 0 Å². The van der Waals surface area contributed by atoms with Crippen LogP contribution in [-0.2, 0) is 0 Å². The summed E-state index contributed by atoms with van der Waals surface area (Å²) in [7, 11) is 0. The van der Waals surface area contributed by atoms with Crippen LogP contribution in [0.4, 0.5) is 0 Å². The van der Waals surface area contributed by atoms with E-state index in [-0.39, 0.29) is 5.91 Å². The highest BCUT2D eigenvalue weighted by Gasteiger charge is 2.11. The molecule has 2 aromatic carbocycles. The average molecular weight is 418 g/mol. The molecule has 2 nitrogen and oxygen atoms in total. The van der Waals surface area contributed by atoms with Gasteiger partial charge in [0.05, 0.1) is 5.56 Å². The highest BCUT2D eigenvalue weighted by Crippen LogP contribution is 2.27. The van der Waals surface area contributed by atoms with E-state index < -0.39 is 0 Å². The Kier molecular flexibility index (Phi) is 9.76. The lowest BCUT2D eigenvalue weighted by Crippen LogP contribution is -2.24. The first-order valence-electron chi connectivity index (χ1n) is 10.2. The molecule has 0 heterocycles. The maximum absolute atomic E-state index is 12.4. The number of rotatable bonds is 12. The van der Waals surface area contributed by atoms with E-state index in [1.54, 1.807) is 0 Å². The second-order valence-electron chi connectivity index (χ2n) is 7.09. The lowest BCUT2D eigenvalue weighted by molar-refractivity contribution is 0.0952. The van der Waals surface area contributed by atoms with Crippen LogP contribution in [0.2, 0.25) is 0 Å². The molecule has 0 aliphatic carbocycles. The van der Waals surface area contributed by atoms with Gasteiger partial charge < -0.3 is 5.32 Å². The highest BCUT2D eigenvalue weighted by atomic mass is 79.9. The number of benzene rings is 2. The Morgan fingerprint density at radius 1 is 0.846 bits per heavy atom. The van der Waals surface area contributed by atoms with Crippen LogP contribution in [0.25, 0.3) is 10.8 Å². The molecule has 142 valence electrons. The first-order chi connectivity index (χ1) is 12.7. The van der Waals surface area contributed by atoms with Crippen molar-refractivity contribution in [2.24, 2.45) is 0 Å². The lowest BCUT2D eigenvalue weighted by atomic mass is 10.1. The van der Waals surface area contributed by atoms with E-state index in [0.717, 1.165) is 33.8 Å². The Balaban J connectivity index is 1.62. The Morgan fingerprint density at radius 2 is 1.46 bits per heavy atom. The lowest BCUT2D eigenvalue weighted by Gasteiger charge is -2.09. The average Bonchev–Trinajstić information content (AvgIpc) is 2.66. The molecule has 0 saturated carbocycles. The zero-order valence-electron chi connectivity index (χ0n) is 16.0. The first-order valence-corrected chi connectivity index (χ1v) is 11.0. The number of hydrogen-bond acceptors (Lipinski definition) is 1. The van der Waals surface area contributed by atoms with Crippen molar-refractivity contribution >= 4 is 32.6 Å². The Hall–Kier alpha value is -1.35. The van der Waals surface area contributed by atoms with Crippen LogP contribution in [0.3, 0.4) is 0 Å². The van der Waals surface area contributed by atoms with E-state index in [2.05, 4.69) is 34.2 Å². The SMILES string of the molecule is CCCCCCCCCCCCNC(=O)c1ccc2ccccc2c1Br. The molecular formula is C23H32BrNO. The number of carbonyl (C=O) groups is 1. The van der Waals surface area contributed by atoms with E-state index in [9.17, 15) is 4.79 Å². The number of unbranched alkanes of at least 4 members (excludes halogenated alkanes) is 9. The van der Waals surface area contributed by atoms with E-state index in [1.807, 2.05) is 30.3 Å². The summed E-state index contributed by atoms with van der Waals surface area (Å²) in [5.41, 5.74) is 0.718. The summed E-state index contributed by atoms with van der Waals surface area (Å²) in [6.45, 7) is 3.02. The quantitative estimate of drug-likeness (QED) is 0.361. The third-order valence-electron chi connectivity index (χ3n) is 4.92. The number of hydrogen-bond donors (Lipinski definition) is 1. The second-order valence-corrected chi connectivity index (χ2v) is 7.88. The van der Waals surface area contributed by atoms with Crippen molar-refractivity contribution in [3.05, 3.63) is 46.4 Å². The van der Waals surface area contributed by atoms with E-state index in [0.29, 0.717) is 0 Å². The number of halogens is 1. The molecule has 0 spiro atoms. The summed E-state index contributed by atoms with van der Waals surface area (Å²) < 4.78 is 0.885. The summed E-state index contributed by atoms with van der Waals surface area (Å²) >= 11 is 3.60. The minimum atomic E-state index is 0.0125. The molecule has 0 fully saturated rings. The Bertz CT molecular complexity index is 683. The van der Waals surface area contributed by atoms with Gasteiger partial charge in [-0.3, -0.25) is 4.79 Å². The van der Waals surface area contributed by atoms with Gasteiger partial charge in [-0.1, -0.05) is 95.0 Å². The molecule has 0 radical (unpaired) electrons. The van der Waals surface area contributed by atoms with Gasteiger partial charge in [0.25, 0.3) is 5.91 Å². The van der Waals surface area contributed by atoms with Crippen LogP contribution in [0, 0.1) is 0 Å². The molecule has 0 aliphatic rings. The van der Waals surface area contributed by atoms with E-state index in [4.69, 9.17) is 0 Å². The van der Waals surface area contributed by atoms with Crippen molar-refractivity contribution in [3.63, 3.8) is 0 Å². The molecule has 2 rings (SSSR count). The molecule has 0 atom stereocenters. The predicted octanol–water partition coefficient (Wildman–Crippen LogP) is 7.25. The van der Waals surface area contributed by atoms with Crippen LogP contribution in [-0.4, -0.2) is 12.5 Å². The molecule has 2 aromatic rings. The van der Waals surface area contributed by atoms with Crippen LogP contribution in [0.15, 0.2) is 40.9 Å². The van der Waals surface area contributed by atoms with Gasteiger partial charge in [-0.15, -0.1) is 0 Å². The Morgan fingerprint density at radius 3 is 2.15 bits per heavy atom.